The second kappa shape index (κ2) is 12.1. The van der Waals surface area contributed by atoms with Gasteiger partial charge >= 0.3 is 12.1 Å². The van der Waals surface area contributed by atoms with Crippen molar-refractivity contribution < 1.29 is 27.8 Å². The van der Waals surface area contributed by atoms with Crippen LogP contribution in [0.25, 0.3) is 17.1 Å². The molecule has 0 amide bonds. The summed E-state index contributed by atoms with van der Waals surface area (Å²) in [6.45, 7) is 6.00. The lowest BCUT2D eigenvalue weighted by Gasteiger charge is -2.33. The third-order valence-electron chi connectivity index (χ3n) is 7.90. The zero-order chi connectivity index (χ0) is 31.7. The van der Waals surface area contributed by atoms with Crippen LogP contribution in [0, 0.1) is 6.92 Å². The number of carbonyl (C=O) groups is 1. The Bertz CT molecular complexity index is 1860. The maximum absolute atomic E-state index is 13.8. The summed E-state index contributed by atoms with van der Waals surface area (Å²) in [6.07, 6.45) is 1.79. The zero-order valence-electron chi connectivity index (χ0n) is 24.5. The van der Waals surface area contributed by atoms with Gasteiger partial charge in [-0.2, -0.15) is 18.3 Å². The summed E-state index contributed by atoms with van der Waals surface area (Å²) in [7, 11) is 0. The second-order valence-corrected chi connectivity index (χ2v) is 10.9. The van der Waals surface area contributed by atoms with E-state index in [1.165, 1.54) is 17.2 Å². The van der Waals surface area contributed by atoms with E-state index in [0.29, 0.717) is 27.9 Å². The Morgan fingerprint density at radius 2 is 1.91 bits per heavy atom. The SMILES string of the molecule is Cc1ccc(OCc2ccc3c(c2)CCN(C(C)c2cnccn2)C3)c(-c2cccc(-n3ncc(C(=O)O)c3C(F)(F)F)n2)c1. The smallest absolute Gasteiger partial charge is 0.434 e. The van der Waals surface area contributed by atoms with Gasteiger partial charge in [0.05, 0.1) is 23.6 Å². The van der Waals surface area contributed by atoms with Crippen LogP contribution in [0.15, 0.2) is 79.4 Å². The molecule has 5 aromatic rings. The summed E-state index contributed by atoms with van der Waals surface area (Å²) in [5.41, 5.74) is 3.93. The minimum Gasteiger partial charge on any atom is -0.488 e. The van der Waals surface area contributed by atoms with E-state index in [2.05, 4.69) is 44.0 Å². The fourth-order valence-corrected chi connectivity index (χ4v) is 5.54. The number of hydrogen-bond acceptors (Lipinski definition) is 7. The van der Waals surface area contributed by atoms with Crippen LogP contribution in [0.3, 0.4) is 0 Å². The van der Waals surface area contributed by atoms with E-state index in [1.54, 1.807) is 36.8 Å². The van der Waals surface area contributed by atoms with Crippen LogP contribution in [0.4, 0.5) is 13.2 Å². The Hall–Kier alpha value is -5.10. The first-order chi connectivity index (χ1) is 21.6. The van der Waals surface area contributed by atoms with Gasteiger partial charge in [0.25, 0.3) is 0 Å². The molecule has 1 aliphatic heterocycles. The van der Waals surface area contributed by atoms with E-state index >= 15 is 0 Å². The number of alkyl halides is 3. The molecular weight excluding hydrogens is 585 g/mol. The van der Waals surface area contributed by atoms with Gasteiger partial charge in [-0.05, 0) is 61.2 Å². The summed E-state index contributed by atoms with van der Waals surface area (Å²) in [5.74, 6) is -1.39. The van der Waals surface area contributed by atoms with Crippen molar-refractivity contribution in [1.82, 2.24) is 29.6 Å². The van der Waals surface area contributed by atoms with Crippen LogP contribution in [0.1, 0.15) is 57.0 Å². The molecule has 0 aliphatic carbocycles. The van der Waals surface area contributed by atoms with Gasteiger partial charge in [-0.3, -0.25) is 14.9 Å². The third kappa shape index (κ3) is 6.27. The van der Waals surface area contributed by atoms with Crippen LogP contribution >= 0.6 is 0 Å². The highest BCUT2D eigenvalue weighted by Crippen LogP contribution is 2.35. The molecule has 0 fully saturated rings. The fraction of sp³-hybridized carbons (Fsp3) is 0.242. The molecule has 1 aliphatic rings. The van der Waals surface area contributed by atoms with E-state index in [1.807, 2.05) is 25.1 Å². The van der Waals surface area contributed by atoms with Crippen LogP contribution < -0.4 is 4.74 Å². The van der Waals surface area contributed by atoms with Crippen molar-refractivity contribution in [3.63, 3.8) is 0 Å². The number of rotatable bonds is 8. The summed E-state index contributed by atoms with van der Waals surface area (Å²) >= 11 is 0. The molecule has 0 radical (unpaired) electrons. The van der Waals surface area contributed by atoms with Crippen molar-refractivity contribution in [3.8, 4) is 22.8 Å². The Labute approximate surface area is 257 Å². The van der Waals surface area contributed by atoms with Crippen LogP contribution in [-0.4, -0.2) is 47.3 Å². The van der Waals surface area contributed by atoms with Crippen molar-refractivity contribution in [2.45, 2.75) is 45.6 Å². The van der Waals surface area contributed by atoms with Gasteiger partial charge < -0.3 is 9.84 Å². The molecule has 0 saturated heterocycles. The molecule has 230 valence electrons. The van der Waals surface area contributed by atoms with Gasteiger partial charge in [0, 0.05) is 37.2 Å². The highest BCUT2D eigenvalue weighted by Gasteiger charge is 2.41. The maximum Gasteiger partial charge on any atom is 0.434 e. The molecule has 1 unspecified atom stereocenters. The number of carboxylic acids is 1. The minimum atomic E-state index is -4.96. The average Bonchev–Trinajstić information content (AvgIpc) is 3.51. The Balaban J connectivity index is 1.22. The molecule has 1 atom stereocenters. The third-order valence-corrected chi connectivity index (χ3v) is 7.90. The van der Waals surface area contributed by atoms with Crippen LogP contribution in [0.5, 0.6) is 5.75 Å². The van der Waals surface area contributed by atoms with Gasteiger partial charge in [0.1, 0.15) is 17.9 Å². The lowest BCUT2D eigenvalue weighted by atomic mass is 9.96. The first-order valence-electron chi connectivity index (χ1n) is 14.3. The molecule has 3 aromatic heterocycles. The largest absolute Gasteiger partial charge is 0.488 e. The normalized spacial score (nSPS) is 14.2. The Kier molecular flexibility index (Phi) is 8.07. The van der Waals surface area contributed by atoms with Crippen LogP contribution in [0.2, 0.25) is 0 Å². The molecule has 45 heavy (non-hydrogen) atoms. The summed E-state index contributed by atoms with van der Waals surface area (Å²) < 4.78 is 48.3. The number of hydrogen-bond donors (Lipinski definition) is 1. The lowest BCUT2D eigenvalue weighted by molar-refractivity contribution is -0.143. The molecule has 0 bridgehead atoms. The fourth-order valence-electron chi connectivity index (χ4n) is 5.54. The summed E-state index contributed by atoms with van der Waals surface area (Å²) in [5, 5.41) is 13.0. The van der Waals surface area contributed by atoms with E-state index < -0.39 is 23.4 Å². The van der Waals surface area contributed by atoms with Gasteiger partial charge in [-0.15, -0.1) is 0 Å². The number of aromatic nitrogens is 5. The van der Waals surface area contributed by atoms with Crippen LogP contribution in [-0.2, 0) is 25.7 Å². The average molecular weight is 615 g/mol. The van der Waals surface area contributed by atoms with E-state index in [9.17, 15) is 23.1 Å². The molecule has 4 heterocycles. The highest BCUT2D eigenvalue weighted by molar-refractivity contribution is 5.89. The topological polar surface area (TPSA) is 106 Å². The number of benzene rings is 2. The van der Waals surface area contributed by atoms with Crippen molar-refractivity contribution in [2.24, 2.45) is 0 Å². The molecule has 0 spiro atoms. The lowest BCUT2D eigenvalue weighted by Crippen LogP contribution is -2.33. The van der Waals surface area contributed by atoms with Gasteiger partial charge in [-0.25, -0.2) is 14.5 Å². The molecule has 0 saturated carbocycles. The molecule has 2 aromatic carbocycles. The number of fused-ring (bicyclic) bond motifs is 1. The van der Waals surface area contributed by atoms with Gasteiger partial charge in [0.2, 0.25) is 0 Å². The number of aromatic carboxylic acids is 1. The van der Waals surface area contributed by atoms with E-state index in [4.69, 9.17) is 4.74 Å². The zero-order valence-corrected chi connectivity index (χ0v) is 24.5. The predicted octanol–water partition coefficient (Wildman–Crippen LogP) is 6.45. The first kappa shape index (κ1) is 29.9. The second-order valence-electron chi connectivity index (χ2n) is 10.9. The predicted molar refractivity (Wildman–Crippen MR) is 159 cm³/mol. The number of aryl methyl sites for hydroxylation is 1. The highest BCUT2D eigenvalue weighted by atomic mass is 19.4. The molecule has 12 heteroatoms. The molecule has 1 N–H and O–H groups in total. The molecule has 6 rings (SSSR count). The molecule has 9 nitrogen and oxygen atoms in total. The van der Waals surface area contributed by atoms with Gasteiger partial charge in [0.15, 0.2) is 11.5 Å². The van der Waals surface area contributed by atoms with E-state index in [0.717, 1.165) is 36.3 Å². The van der Waals surface area contributed by atoms with Crippen molar-refractivity contribution in [1.29, 1.82) is 0 Å². The van der Waals surface area contributed by atoms with E-state index in [-0.39, 0.29) is 18.5 Å². The standard InChI is InChI=1S/C33H29F3N6O3/c1-20-6-9-29(25(14-20)27-4-3-5-30(40-27)42-31(33(34,35)36)26(16-39-42)32(43)44)45-19-22-7-8-24-18-41(13-10-23(24)15-22)21(2)28-17-37-11-12-38-28/h3-9,11-12,14-17,21H,10,13,18-19H2,1-2H3,(H,43,44). The Morgan fingerprint density at radius 1 is 1.07 bits per heavy atom. The monoisotopic (exact) mass is 614 g/mol. The number of halogens is 3. The summed E-state index contributed by atoms with van der Waals surface area (Å²) in [4.78, 5) is 26.9. The number of ether oxygens (including phenoxy) is 1. The number of nitrogens with zero attached hydrogens (tertiary/aromatic N) is 6. The number of carboxylic acid groups (broad SMARTS) is 1. The Morgan fingerprint density at radius 3 is 2.67 bits per heavy atom. The molecular formula is C33H29F3N6O3. The minimum absolute atomic E-state index is 0.148. The quantitative estimate of drug-likeness (QED) is 0.213. The maximum atomic E-state index is 13.8. The van der Waals surface area contributed by atoms with Crippen molar-refractivity contribution in [3.05, 3.63) is 119 Å². The van der Waals surface area contributed by atoms with Crippen molar-refractivity contribution in [2.75, 3.05) is 6.54 Å². The van der Waals surface area contributed by atoms with Crippen molar-refractivity contribution >= 4 is 5.97 Å². The van der Waals surface area contributed by atoms with Gasteiger partial charge in [-0.1, -0.05) is 35.9 Å². The summed E-state index contributed by atoms with van der Waals surface area (Å²) in [6, 6.07) is 16.6. The first-order valence-corrected chi connectivity index (χ1v) is 14.3. The number of pyridine rings is 1.